The molecule has 4 aromatic rings. The van der Waals surface area contributed by atoms with Crippen LogP contribution in [0.5, 0.6) is 5.75 Å². The van der Waals surface area contributed by atoms with Crippen LogP contribution in [0.3, 0.4) is 0 Å². The van der Waals surface area contributed by atoms with Crippen molar-refractivity contribution in [2.45, 2.75) is 85.7 Å². The summed E-state index contributed by atoms with van der Waals surface area (Å²) in [4.78, 5) is 69.1. The van der Waals surface area contributed by atoms with Crippen molar-refractivity contribution in [1.29, 1.82) is 0 Å². The number of benzene rings is 3. The number of carbonyl (C=O) groups excluding carboxylic acids is 4. The molecule has 1 aromatic heterocycles. The fourth-order valence-electron chi connectivity index (χ4n) is 5.63. The van der Waals surface area contributed by atoms with Crippen molar-refractivity contribution in [3.05, 3.63) is 93.8 Å². The second kappa shape index (κ2) is 14.9. The number of fused-ring (bicyclic) bond motifs is 1. The summed E-state index contributed by atoms with van der Waals surface area (Å²) < 4.78 is 23.6. The van der Waals surface area contributed by atoms with Gasteiger partial charge < -0.3 is 18.9 Å². The minimum Gasteiger partial charge on any atom is -0.489 e. The maximum absolute atomic E-state index is 14.1. The number of carbonyl (C=O) groups is 4. The van der Waals surface area contributed by atoms with E-state index in [1.165, 1.54) is 0 Å². The molecule has 52 heavy (non-hydrogen) atoms. The summed E-state index contributed by atoms with van der Waals surface area (Å²) in [5.41, 5.74) is -1.62. The Balaban J connectivity index is 1.40. The zero-order valence-electron chi connectivity index (χ0n) is 30.6. The number of anilines is 1. The second-order valence-electron chi connectivity index (χ2n) is 14.8. The third-order valence-corrected chi connectivity index (χ3v) is 8.23. The predicted molar refractivity (Wildman–Crippen MR) is 192 cm³/mol. The van der Waals surface area contributed by atoms with Crippen LogP contribution in [-0.2, 0) is 37.0 Å². The molecule has 0 radical (unpaired) electrons. The monoisotopic (exact) mass is 712 g/mol. The Bertz CT molecular complexity index is 2010. The van der Waals surface area contributed by atoms with Crippen molar-refractivity contribution in [2.24, 2.45) is 5.41 Å². The van der Waals surface area contributed by atoms with Crippen molar-refractivity contribution in [3.63, 3.8) is 0 Å². The van der Waals surface area contributed by atoms with Crippen LogP contribution in [-0.4, -0.2) is 63.2 Å². The molecule has 0 aliphatic carbocycles. The molecule has 0 saturated carbocycles. The summed E-state index contributed by atoms with van der Waals surface area (Å²) in [6.45, 7) is 12.6. The predicted octanol–water partition coefficient (Wildman–Crippen LogP) is 5.97. The van der Waals surface area contributed by atoms with E-state index in [1.807, 2.05) is 37.3 Å². The molecule has 0 N–H and O–H groups in total. The highest BCUT2D eigenvalue weighted by molar-refractivity contribution is 6.07. The minimum absolute atomic E-state index is 0.195. The van der Waals surface area contributed by atoms with Gasteiger partial charge in [-0.1, -0.05) is 29.0 Å². The van der Waals surface area contributed by atoms with E-state index in [0.717, 1.165) is 15.8 Å². The third kappa shape index (κ3) is 9.00. The van der Waals surface area contributed by atoms with Gasteiger partial charge in [-0.25, -0.2) is 9.48 Å². The van der Waals surface area contributed by atoms with E-state index in [-0.39, 0.29) is 25.1 Å². The van der Waals surface area contributed by atoms with Crippen LogP contribution in [0.4, 0.5) is 10.5 Å². The molecular weight excluding hydrogens is 668 g/mol. The highest BCUT2D eigenvalue weighted by Gasteiger charge is 2.52. The first-order chi connectivity index (χ1) is 24.4. The summed E-state index contributed by atoms with van der Waals surface area (Å²) in [6, 6.07) is 18.9. The second-order valence-corrected chi connectivity index (χ2v) is 14.8. The van der Waals surface area contributed by atoms with Crippen molar-refractivity contribution in [3.8, 4) is 5.75 Å². The number of hydrogen-bond donors (Lipinski definition) is 0. The maximum Gasteiger partial charge on any atom is 0.414 e. The van der Waals surface area contributed by atoms with Gasteiger partial charge in [0.15, 0.2) is 11.2 Å². The number of nitrogens with zero attached hydrogens (tertiary/aromatic N) is 4. The van der Waals surface area contributed by atoms with Gasteiger partial charge in [0, 0.05) is 24.2 Å². The van der Waals surface area contributed by atoms with Gasteiger partial charge in [0.2, 0.25) is 0 Å². The van der Waals surface area contributed by atoms with E-state index < -0.39 is 52.4 Å². The molecule has 0 atom stereocenters. The van der Waals surface area contributed by atoms with E-state index in [0.29, 0.717) is 35.5 Å². The number of aromatic nitrogens is 3. The number of cyclic esters (lactones) is 1. The normalized spacial score (nSPS) is 13.5. The molecule has 1 saturated heterocycles. The Hall–Kier alpha value is -5.59. The van der Waals surface area contributed by atoms with Crippen LogP contribution in [0.25, 0.3) is 10.9 Å². The SMILES string of the molecule is Cc1ccc2nnn(CCC(CC(=O)c3ccc(OCc4cccc(N5CCOC5=O)c4)cc3)(C(=O)OC(C)(C)C)C(=O)OC(C)(C)C)c(=O)c2c1. The van der Waals surface area contributed by atoms with Crippen molar-refractivity contribution in [1.82, 2.24) is 15.0 Å². The highest BCUT2D eigenvalue weighted by Crippen LogP contribution is 2.36. The van der Waals surface area contributed by atoms with Gasteiger partial charge in [0.1, 0.15) is 35.7 Å². The molecule has 274 valence electrons. The quantitative estimate of drug-likeness (QED) is 0.0738. The fourth-order valence-corrected chi connectivity index (χ4v) is 5.63. The largest absolute Gasteiger partial charge is 0.489 e. The number of hydrogen-bond acceptors (Lipinski definition) is 11. The molecule has 3 aromatic carbocycles. The lowest BCUT2D eigenvalue weighted by molar-refractivity contribution is -0.186. The van der Waals surface area contributed by atoms with Gasteiger partial charge in [-0.3, -0.25) is 24.1 Å². The first-order valence-corrected chi connectivity index (χ1v) is 17.0. The summed E-state index contributed by atoms with van der Waals surface area (Å²) in [6.07, 6.45) is -1.33. The number of aryl methyl sites for hydroxylation is 2. The molecule has 5 rings (SSSR count). The van der Waals surface area contributed by atoms with E-state index in [2.05, 4.69) is 10.3 Å². The first kappa shape index (κ1) is 37.7. The molecule has 0 unspecified atom stereocenters. The zero-order chi connectivity index (χ0) is 37.8. The molecule has 13 heteroatoms. The minimum atomic E-state index is -2.14. The van der Waals surface area contributed by atoms with Gasteiger partial charge in [0.25, 0.3) is 5.56 Å². The molecular formula is C39H44N4O9. The standard InChI is InChI=1S/C39H44N4O9/c1-25-11-16-31-30(21-25)33(45)43(41-40-31)18-17-39(34(46)51-37(2,3)4,35(47)52-38(5,6)7)23-32(44)27-12-14-29(15-13-27)50-24-26-9-8-10-28(22-26)42-19-20-49-36(42)48/h8-16,21-22H,17-20,23-24H2,1-7H3. The fraction of sp³-hybridized carbons (Fsp3) is 0.410. The van der Waals surface area contributed by atoms with Gasteiger partial charge in [-0.05, 0) is 109 Å². The molecule has 1 aliphatic heterocycles. The van der Waals surface area contributed by atoms with Crippen LogP contribution in [0, 0.1) is 12.3 Å². The number of esters is 2. The number of amides is 1. The number of ketones is 1. The topological polar surface area (TPSA) is 156 Å². The van der Waals surface area contributed by atoms with Gasteiger partial charge >= 0.3 is 18.0 Å². The van der Waals surface area contributed by atoms with Crippen LogP contribution in [0.15, 0.2) is 71.5 Å². The molecule has 0 spiro atoms. The first-order valence-electron chi connectivity index (χ1n) is 17.0. The Labute approximate surface area is 301 Å². The summed E-state index contributed by atoms with van der Waals surface area (Å²) in [5.74, 6) is -1.96. The van der Waals surface area contributed by atoms with Gasteiger partial charge in [-0.2, -0.15) is 0 Å². The van der Waals surface area contributed by atoms with Gasteiger partial charge in [0.05, 0.1) is 11.9 Å². The average molecular weight is 713 g/mol. The summed E-state index contributed by atoms with van der Waals surface area (Å²) in [7, 11) is 0. The van der Waals surface area contributed by atoms with E-state index in [1.54, 1.807) is 82.8 Å². The number of ether oxygens (including phenoxy) is 4. The average Bonchev–Trinajstić information content (AvgIpc) is 3.51. The van der Waals surface area contributed by atoms with E-state index in [9.17, 15) is 24.0 Å². The summed E-state index contributed by atoms with van der Waals surface area (Å²) >= 11 is 0. The van der Waals surface area contributed by atoms with Crippen molar-refractivity contribution in [2.75, 3.05) is 18.1 Å². The van der Waals surface area contributed by atoms with Crippen LogP contribution >= 0.6 is 0 Å². The lowest BCUT2D eigenvalue weighted by Gasteiger charge is -2.34. The Morgan fingerprint density at radius 2 is 1.54 bits per heavy atom. The smallest absolute Gasteiger partial charge is 0.414 e. The zero-order valence-corrected chi connectivity index (χ0v) is 30.6. The number of rotatable bonds is 12. The molecule has 1 amide bonds. The highest BCUT2D eigenvalue weighted by atomic mass is 16.6. The van der Waals surface area contributed by atoms with Crippen LogP contribution in [0.1, 0.15) is 75.9 Å². The Morgan fingerprint density at radius 1 is 0.865 bits per heavy atom. The molecule has 13 nitrogen and oxygen atoms in total. The molecule has 1 aliphatic rings. The molecule has 2 heterocycles. The lowest BCUT2D eigenvalue weighted by Crippen LogP contribution is -2.49. The molecule has 0 bridgehead atoms. The molecule has 1 fully saturated rings. The van der Waals surface area contributed by atoms with E-state index >= 15 is 0 Å². The summed E-state index contributed by atoms with van der Waals surface area (Å²) in [5, 5.41) is 8.53. The Morgan fingerprint density at radius 3 is 2.15 bits per heavy atom. The number of Topliss-reactive ketones (excluding diaryl/α,β-unsaturated/α-hetero) is 1. The van der Waals surface area contributed by atoms with Crippen LogP contribution < -0.4 is 15.2 Å². The third-order valence-electron chi connectivity index (χ3n) is 8.23. The Kier molecular flexibility index (Phi) is 10.8. The van der Waals surface area contributed by atoms with Gasteiger partial charge in [-0.15, -0.1) is 5.10 Å². The maximum atomic E-state index is 14.1. The van der Waals surface area contributed by atoms with Crippen molar-refractivity contribution < 1.29 is 38.1 Å². The van der Waals surface area contributed by atoms with E-state index in [4.69, 9.17) is 18.9 Å². The van der Waals surface area contributed by atoms with Crippen molar-refractivity contribution >= 4 is 40.4 Å². The van der Waals surface area contributed by atoms with Crippen LogP contribution in [0.2, 0.25) is 0 Å². The lowest BCUT2D eigenvalue weighted by atomic mass is 9.78.